The monoisotopic (exact) mass is 284 g/mol. The Hall–Kier alpha value is -2.17. The van der Waals surface area contributed by atoms with Gasteiger partial charge >= 0.3 is 0 Å². The summed E-state index contributed by atoms with van der Waals surface area (Å²) in [6.07, 6.45) is 1.30. The van der Waals surface area contributed by atoms with Crippen molar-refractivity contribution in [1.82, 2.24) is 0 Å². The molecule has 1 amide bonds. The summed E-state index contributed by atoms with van der Waals surface area (Å²) in [6.45, 7) is 0.637. The van der Waals surface area contributed by atoms with E-state index in [-0.39, 0.29) is 12.5 Å². The minimum atomic E-state index is -0.131. The number of aliphatic hydroxyl groups excluding tert-OH is 1. The number of amides is 1. The van der Waals surface area contributed by atoms with Crippen LogP contribution in [0.4, 0.5) is 5.69 Å². The summed E-state index contributed by atoms with van der Waals surface area (Å²) in [4.78, 5) is 12.3. The Morgan fingerprint density at radius 3 is 2.43 bits per heavy atom. The summed E-state index contributed by atoms with van der Waals surface area (Å²) in [5.74, 6) is -0.131. The van der Waals surface area contributed by atoms with Gasteiger partial charge in [0.05, 0.1) is 0 Å². The topological polar surface area (TPSA) is 75.4 Å². The molecule has 21 heavy (non-hydrogen) atoms. The van der Waals surface area contributed by atoms with E-state index in [4.69, 9.17) is 10.8 Å². The van der Waals surface area contributed by atoms with Crippen LogP contribution in [0, 0.1) is 0 Å². The molecule has 0 bridgehead atoms. The zero-order valence-electron chi connectivity index (χ0n) is 11.9. The summed E-state index contributed by atoms with van der Waals surface area (Å²) < 4.78 is 0. The van der Waals surface area contributed by atoms with Crippen LogP contribution in [0.15, 0.2) is 48.5 Å². The molecule has 0 aliphatic rings. The zero-order chi connectivity index (χ0) is 15.1. The Kier molecular flexibility index (Phi) is 5.49. The van der Waals surface area contributed by atoms with Crippen LogP contribution in [-0.2, 0) is 12.8 Å². The number of anilines is 1. The van der Waals surface area contributed by atoms with Crippen LogP contribution in [-0.4, -0.2) is 24.2 Å². The molecule has 4 N–H and O–H groups in total. The molecular weight excluding hydrogens is 264 g/mol. The SMILES string of the molecule is NCCc1ccccc1C(=O)Nc1ccc(CCO)cc1. The quantitative estimate of drug-likeness (QED) is 0.759. The fourth-order valence-electron chi connectivity index (χ4n) is 2.20. The van der Waals surface area contributed by atoms with Crippen LogP contribution in [0.5, 0.6) is 0 Å². The molecule has 4 nitrogen and oxygen atoms in total. The van der Waals surface area contributed by atoms with Gasteiger partial charge in [0.15, 0.2) is 0 Å². The number of rotatable bonds is 6. The van der Waals surface area contributed by atoms with Crippen LogP contribution in [0.25, 0.3) is 0 Å². The third-order valence-corrected chi connectivity index (χ3v) is 3.29. The summed E-state index contributed by atoms with van der Waals surface area (Å²) in [6, 6.07) is 15.0. The van der Waals surface area contributed by atoms with Crippen LogP contribution >= 0.6 is 0 Å². The molecule has 2 aromatic rings. The lowest BCUT2D eigenvalue weighted by Crippen LogP contribution is -2.15. The van der Waals surface area contributed by atoms with Gasteiger partial charge in [-0.3, -0.25) is 4.79 Å². The minimum Gasteiger partial charge on any atom is -0.396 e. The molecule has 2 rings (SSSR count). The number of aliphatic hydroxyl groups is 1. The fraction of sp³-hybridized carbons (Fsp3) is 0.235. The maximum absolute atomic E-state index is 12.3. The first-order valence-corrected chi connectivity index (χ1v) is 7.03. The summed E-state index contributed by atoms with van der Waals surface area (Å²) in [7, 11) is 0. The van der Waals surface area contributed by atoms with E-state index < -0.39 is 0 Å². The average Bonchev–Trinajstić information content (AvgIpc) is 2.50. The average molecular weight is 284 g/mol. The zero-order valence-corrected chi connectivity index (χ0v) is 11.9. The number of hydrogen-bond donors (Lipinski definition) is 3. The second-order valence-electron chi connectivity index (χ2n) is 4.82. The molecular formula is C17H20N2O2. The van der Waals surface area contributed by atoms with Crippen molar-refractivity contribution in [3.05, 3.63) is 65.2 Å². The minimum absolute atomic E-state index is 0.123. The molecule has 0 fully saturated rings. The first-order valence-electron chi connectivity index (χ1n) is 7.03. The Bertz CT molecular complexity index is 594. The van der Waals surface area contributed by atoms with E-state index in [1.54, 1.807) is 6.07 Å². The predicted octanol–water partition coefficient (Wildman–Crippen LogP) is 1.97. The Labute approximate surface area is 124 Å². The summed E-state index contributed by atoms with van der Waals surface area (Å²) in [5, 5.41) is 11.8. The first-order chi connectivity index (χ1) is 10.2. The molecule has 0 radical (unpaired) electrons. The lowest BCUT2D eigenvalue weighted by atomic mass is 10.0. The van der Waals surface area contributed by atoms with Gasteiger partial charge < -0.3 is 16.2 Å². The van der Waals surface area contributed by atoms with Gasteiger partial charge in [-0.25, -0.2) is 0 Å². The van der Waals surface area contributed by atoms with Crippen LogP contribution in [0.3, 0.4) is 0 Å². The molecule has 2 aromatic carbocycles. The highest BCUT2D eigenvalue weighted by Gasteiger charge is 2.10. The highest BCUT2D eigenvalue weighted by atomic mass is 16.2. The molecule has 0 aromatic heterocycles. The molecule has 0 saturated carbocycles. The highest BCUT2D eigenvalue weighted by Crippen LogP contribution is 2.14. The van der Waals surface area contributed by atoms with Gasteiger partial charge in [0.25, 0.3) is 5.91 Å². The van der Waals surface area contributed by atoms with Crippen molar-refractivity contribution in [2.24, 2.45) is 5.73 Å². The van der Waals surface area contributed by atoms with Gasteiger partial charge in [0.1, 0.15) is 0 Å². The molecule has 0 spiro atoms. The van der Waals surface area contributed by atoms with Gasteiger partial charge in [-0.15, -0.1) is 0 Å². The van der Waals surface area contributed by atoms with Gasteiger partial charge in [-0.05, 0) is 48.7 Å². The smallest absolute Gasteiger partial charge is 0.255 e. The first kappa shape index (κ1) is 15.2. The number of nitrogens with two attached hydrogens (primary N) is 1. The number of carbonyl (C=O) groups excluding carboxylic acids is 1. The Balaban J connectivity index is 2.10. The second kappa shape index (κ2) is 7.57. The molecule has 4 heteroatoms. The van der Waals surface area contributed by atoms with E-state index in [1.807, 2.05) is 42.5 Å². The summed E-state index contributed by atoms with van der Waals surface area (Å²) >= 11 is 0. The van der Waals surface area contributed by atoms with Crippen molar-refractivity contribution in [3.63, 3.8) is 0 Å². The lowest BCUT2D eigenvalue weighted by molar-refractivity contribution is 0.102. The van der Waals surface area contributed by atoms with Gasteiger partial charge in [-0.2, -0.15) is 0 Å². The molecule has 0 aliphatic carbocycles. The van der Waals surface area contributed by atoms with Crippen molar-refractivity contribution in [2.45, 2.75) is 12.8 Å². The van der Waals surface area contributed by atoms with Crippen molar-refractivity contribution < 1.29 is 9.90 Å². The molecule has 0 unspecified atom stereocenters. The second-order valence-corrected chi connectivity index (χ2v) is 4.82. The van der Waals surface area contributed by atoms with Gasteiger partial charge in [-0.1, -0.05) is 30.3 Å². The van der Waals surface area contributed by atoms with E-state index in [1.165, 1.54) is 0 Å². The normalized spacial score (nSPS) is 10.4. The van der Waals surface area contributed by atoms with Crippen LogP contribution in [0.1, 0.15) is 21.5 Å². The summed E-state index contributed by atoms with van der Waals surface area (Å²) in [5.41, 5.74) is 8.96. The maximum Gasteiger partial charge on any atom is 0.255 e. The van der Waals surface area contributed by atoms with Crippen LogP contribution in [0.2, 0.25) is 0 Å². The molecule has 110 valence electrons. The lowest BCUT2D eigenvalue weighted by Gasteiger charge is -2.10. The number of nitrogens with one attached hydrogen (secondary N) is 1. The number of benzene rings is 2. The molecule has 0 atom stereocenters. The third kappa shape index (κ3) is 4.15. The van der Waals surface area contributed by atoms with E-state index in [9.17, 15) is 4.79 Å². The van der Waals surface area contributed by atoms with Crippen molar-refractivity contribution in [2.75, 3.05) is 18.5 Å². The van der Waals surface area contributed by atoms with Gasteiger partial charge in [0.2, 0.25) is 0 Å². The predicted molar refractivity (Wildman–Crippen MR) is 84.4 cm³/mol. The fourth-order valence-corrected chi connectivity index (χ4v) is 2.20. The van der Waals surface area contributed by atoms with E-state index in [0.717, 1.165) is 16.8 Å². The highest BCUT2D eigenvalue weighted by molar-refractivity contribution is 6.05. The molecule has 0 saturated heterocycles. The number of carbonyl (C=O) groups is 1. The van der Waals surface area contributed by atoms with E-state index in [2.05, 4.69) is 5.32 Å². The molecule has 0 aliphatic heterocycles. The third-order valence-electron chi connectivity index (χ3n) is 3.29. The van der Waals surface area contributed by atoms with Crippen molar-refractivity contribution in [1.29, 1.82) is 0 Å². The maximum atomic E-state index is 12.3. The van der Waals surface area contributed by atoms with Crippen molar-refractivity contribution in [3.8, 4) is 0 Å². The van der Waals surface area contributed by atoms with Gasteiger partial charge in [0, 0.05) is 17.9 Å². The van der Waals surface area contributed by atoms with Crippen molar-refractivity contribution >= 4 is 11.6 Å². The standard InChI is InChI=1S/C17H20N2O2/c18-11-9-14-3-1-2-4-16(14)17(21)19-15-7-5-13(6-8-15)10-12-20/h1-8,20H,9-12,18H2,(H,19,21). The van der Waals surface area contributed by atoms with E-state index in [0.29, 0.717) is 24.9 Å². The molecule has 0 heterocycles. The van der Waals surface area contributed by atoms with E-state index >= 15 is 0 Å². The largest absolute Gasteiger partial charge is 0.396 e. The number of hydrogen-bond acceptors (Lipinski definition) is 3. The Morgan fingerprint density at radius 2 is 1.76 bits per heavy atom. The Morgan fingerprint density at radius 1 is 1.05 bits per heavy atom. The van der Waals surface area contributed by atoms with Crippen LogP contribution < -0.4 is 11.1 Å².